The maximum atomic E-state index is 12.0. The lowest BCUT2D eigenvalue weighted by atomic mass is 10.1. The Hall–Kier alpha value is -1.88. The van der Waals surface area contributed by atoms with Crippen LogP contribution in [0, 0.1) is 12.8 Å². The highest BCUT2D eigenvalue weighted by molar-refractivity contribution is 7.11. The standard InChI is InChI=1S/C16H18N2O2S/c1-12-15(21-11-17-12)16(19)20-10-13-7-8-18(9-13)14-5-3-2-4-6-14/h2-6,11,13H,7-10H2,1H3/t13-/m1/s1. The highest BCUT2D eigenvalue weighted by atomic mass is 32.1. The Morgan fingerprint density at radius 3 is 2.95 bits per heavy atom. The Kier molecular flexibility index (Phi) is 4.20. The summed E-state index contributed by atoms with van der Waals surface area (Å²) in [7, 11) is 0. The van der Waals surface area contributed by atoms with Gasteiger partial charge in [0.15, 0.2) is 0 Å². The predicted molar refractivity (Wildman–Crippen MR) is 83.9 cm³/mol. The van der Waals surface area contributed by atoms with Gasteiger partial charge < -0.3 is 9.64 Å². The highest BCUT2D eigenvalue weighted by Gasteiger charge is 2.24. The van der Waals surface area contributed by atoms with Gasteiger partial charge in [0.1, 0.15) is 4.88 Å². The van der Waals surface area contributed by atoms with Crippen LogP contribution in [0.5, 0.6) is 0 Å². The van der Waals surface area contributed by atoms with Crippen LogP contribution in [-0.4, -0.2) is 30.6 Å². The first-order chi connectivity index (χ1) is 10.2. The Bertz CT molecular complexity index is 612. The first-order valence-corrected chi connectivity index (χ1v) is 7.99. The molecule has 1 aromatic carbocycles. The molecule has 0 aliphatic carbocycles. The van der Waals surface area contributed by atoms with Gasteiger partial charge in [0, 0.05) is 24.7 Å². The summed E-state index contributed by atoms with van der Waals surface area (Å²) in [6.45, 7) is 4.28. The van der Waals surface area contributed by atoms with E-state index in [1.54, 1.807) is 5.51 Å². The molecule has 1 aliphatic rings. The third-order valence-electron chi connectivity index (χ3n) is 3.79. The van der Waals surface area contributed by atoms with E-state index in [4.69, 9.17) is 4.74 Å². The number of hydrogen-bond donors (Lipinski definition) is 0. The van der Waals surface area contributed by atoms with Gasteiger partial charge >= 0.3 is 5.97 Å². The smallest absolute Gasteiger partial charge is 0.350 e. The zero-order valence-corrected chi connectivity index (χ0v) is 12.8. The lowest BCUT2D eigenvalue weighted by Gasteiger charge is -2.18. The fourth-order valence-electron chi connectivity index (χ4n) is 2.60. The van der Waals surface area contributed by atoms with Crippen molar-refractivity contribution in [2.45, 2.75) is 13.3 Å². The minimum Gasteiger partial charge on any atom is -0.461 e. The van der Waals surface area contributed by atoms with Gasteiger partial charge in [0.25, 0.3) is 0 Å². The normalized spacial score (nSPS) is 18.0. The van der Waals surface area contributed by atoms with Crippen molar-refractivity contribution >= 4 is 23.0 Å². The molecule has 0 saturated carbocycles. The third kappa shape index (κ3) is 3.24. The van der Waals surface area contributed by atoms with E-state index in [9.17, 15) is 4.79 Å². The topological polar surface area (TPSA) is 42.4 Å². The molecule has 0 bridgehead atoms. The second-order valence-electron chi connectivity index (χ2n) is 5.30. The predicted octanol–water partition coefficient (Wildman–Crippen LogP) is 3.13. The first-order valence-electron chi connectivity index (χ1n) is 7.11. The molecule has 21 heavy (non-hydrogen) atoms. The highest BCUT2D eigenvalue weighted by Crippen LogP contribution is 2.24. The van der Waals surface area contributed by atoms with Crippen molar-refractivity contribution in [3.63, 3.8) is 0 Å². The number of nitrogens with zero attached hydrogens (tertiary/aromatic N) is 2. The van der Waals surface area contributed by atoms with Crippen molar-refractivity contribution in [1.29, 1.82) is 0 Å². The first kappa shape index (κ1) is 14.1. The number of hydrogen-bond acceptors (Lipinski definition) is 5. The van der Waals surface area contributed by atoms with E-state index in [2.05, 4.69) is 34.1 Å². The Balaban J connectivity index is 1.52. The molecule has 0 N–H and O–H groups in total. The summed E-state index contributed by atoms with van der Waals surface area (Å²) >= 11 is 1.34. The lowest BCUT2D eigenvalue weighted by molar-refractivity contribution is 0.0456. The number of aromatic nitrogens is 1. The van der Waals surface area contributed by atoms with E-state index in [0.29, 0.717) is 17.4 Å². The second kappa shape index (κ2) is 6.26. The molecule has 0 spiro atoms. The second-order valence-corrected chi connectivity index (χ2v) is 6.16. The minimum absolute atomic E-state index is 0.242. The molecule has 0 unspecified atom stereocenters. The van der Waals surface area contributed by atoms with Crippen LogP contribution in [0.2, 0.25) is 0 Å². The van der Waals surface area contributed by atoms with Gasteiger partial charge in [0.2, 0.25) is 0 Å². The number of ether oxygens (including phenoxy) is 1. The van der Waals surface area contributed by atoms with Gasteiger partial charge in [-0.3, -0.25) is 0 Å². The summed E-state index contributed by atoms with van der Waals surface area (Å²) in [4.78, 5) is 19.0. The van der Waals surface area contributed by atoms with Crippen LogP contribution >= 0.6 is 11.3 Å². The van der Waals surface area contributed by atoms with Crippen molar-refractivity contribution in [1.82, 2.24) is 4.98 Å². The van der Waals surface area contributed by atoms with E-state index in [-0.39, 0.29) is 5.97 Å². The van der Waals surface area contributed by atoms with Gasteiger partial charge in [-0.15, -0.1) is 11.3 Å². The maximum absolute atomic E-state index is 12.0. The molecule has 110 valence electrons. The third-order valence-corrected chi connectivity index (χ3v) is 4.70. The Labute approximate surface area is 128 Å². The minimum atomic E-state index is -0.242. The van der Waals surface area contributed by atoms with Crippen LogP contribution < -0.4 is 4.90 Å². The van der Waals surface area contributed by atoms with Gasteiger partial charge in [-0.2, -0.15) is 0 Å². The number of rotatable bonds is 4. The summed E-state index contributed by atoms with van der Waals surface area (Å²) in [6.07, 6.45) is 1.06. The SMILES string of the molecule is Cc1ncsc1C(=O)OC[C@@H]1CCN(c2ccccc2)C1. The van der Waals surface area contributed by atoms with Gasteiger partial charge in [0.05, 0.1) is 17.8 Å². The lowest BCUT2D eigenvalue weighted by Crippen LogP contribution is -2.21. The molecule has 1 aromatic heterocycles. The Morgan fingerprint density at radius 1 is 1.43 bits per heavy atom. The summed E-state index contributed by atoms with van der Waals surface area (Å²) in [6, 6.07) is 10.4. The summed E-state index contributed by atoms with van der Waals surface area (Å²) in [5.41, 5.74) is 3.67. The molecular formula is C16H18N2O2S. The quantitative estimate of drug-likeness (QED) is 0.814. The molecule has 1 saturated heterocycles. The molecule has 5 heteroatoms. The molecule has 0 radical (unpaired) electrons. The van der Waals surface area contributed by atoms with Crippen molar-refractivity contribution in [2.24, 2.45) is 5.92 Å². The van der Waals surface area contributed by atoms with Gasteiger partial charge in [-0.05, 0) is 25.5 Å². The van der Waals surface area contributed by atoms with E-state index in [1.807, 2.05) is 13.0 Å². The van der Waals surface area contributed by atoms with Crippen LogP contribution in [-0.2, 0) is 4.74 Å². The summed E-state index contributed by atoms with van der Waals surface area (Å²) < 4.78 is 5.44. The fraction of sp³-hybridized carbons (Fsp3) is 0.375. The monoisotopic (exact) mass is 302 g/mol. The molecule has 1 aliphatic heterocycles. The number of carbonyl (C=O) groups excluding carboxylic acids is 1. The summed E-state index contributed by atoms with van der Waals surface area (Å²) in [5, 5.41) is 0. The van der Waals surface area contributed by atoms with Crippen LogP contribution in [0.15, 0.2) is 35.8 Å². The molecule has 3 rings (SSSR count). The number of aryl methyl sites for hydroxylation is 1. The number of thiazole rings is 1. The average Bonchev–Trinajstić information content (AvgIpc) is 3.15. The molecule has 0 amide bonds. The molecule has 2 heterocycles. The zero-order chi connectivity index (χ0) is 14.7. The van der Waals surface area contributed by atoms with Crippen LogP contribution in [0.1, 0.15) is 21.8 Å². The molecule has 2 aromatic rings. The number of anilines is 1. The van der Waals surface area contributed by atoms with Crippen molar-refractivity contribution in [2.75, 3.05) is 24.6 Å². The molecule has 1 fully saturated rings. The van der Waals surface area contributed by atoms with E-state index >= 15 is 0 Å². The van der Waals surface area contributed by atoms with E-state index in [0.717, 1.165) is 25.2 Å². The Morgan fingerprint density at radius 2 is 2.24 bits per heavy atom. The summed E-state index contributed by atoms with van der Waals surface area (Å²) in [5.74, 6) is 0.163. The fourth-order valence-corrected chi connectivity index (χ4v) is 3.29. The average molecular weight is 302 g/mol. The molecule has 1 atom stereocenters. The van der Waals surface area contributed by atoms with Gasteiger partial charge in [-0.25, -0.2) is 9.78 Å². The van der Waals surface area contributed by atoms with Crippen LogP contribution in [0.25, 0.3) is 0 Å². The number of carbonyl (C=O) groups is 1. The van der Waals surface area contributed by atoms with E-state index < -0.39 is 0 Å². The maximum Gasteiger partial charge on any atom is 0.350 e. The molecule has 4 nitrogen and oxygen atoms in total. The largest absolute Gasteiger partial charge is 0.461 e. The van der Waals surface area contributed by atoms with Crippen molar-refractivity contribution in [3.8, 4) is 0 Å². The van der Waals surface area contributed by atoms with Crippen molar-refractivity contribution < 1.29 is 9.53 Å². The number of esters is 1. The van der Waals surface area contributed by atoms with Crippen LogP contribution in [0.4, 0.5) is 5.69 Å². The number of benzene rings is 1. The zero-order valence-electron chi connectivity index (χ0n) is 12.0. The van der Waals surface area contributed by atoms with Crippen molar-refractivity contribution in [3.05, 3.63) is 46.4 Å². The van der Waals surface area contributed by atoms with Gasteiger partial charge in [-0.1, -0.05) is 18.2 Å². The van der Waals surface area contributed by atoms with Crippen LogP contribution in [0.3, 0.4) is 0 Å². The van der Waals surface area contributed by atoms with E-state index in [1.165, 1.54) is 17.0 Å². The number of para-hydroxylation sites is 1. The molecular weight excluding hydrogens is 284 g/mol.